The first-order valence-corrected chi connectivity index (χ1v) is 6.88. The Morgan fingerprint density at radius 3 is 3.06 bits per heavy atom. The monoisotopic (exact) mass is 316 g/mol. The lowest BCUT2D eigenvalue weighted by atomic mass is 10.2. The zero-order valence-corrected chi connectivity index (χ0v) is 11.7. The van der Waals surface area contributed by atoms with Crippen LogP contribution >= 0.6 is 38.9 Å². The number of anilines is 1. The van der Waals surface area contributed by atoms with E-state index in [1.807, 2.05) is 6.07 Å². The molecule has 0 radical (unpaired) electrons. The number of thiophene rings is 1. The van der Waals surface area contributed by atoms with Crippen LogP contribution in [0.4, 0.5) is 5.69 Å². The maximum absolute atomic E-state index is 6.01. The zero-order valence-electron chi connectivity index (χ0n) is 8.58. The second kappa shape index (κ2) is 5.17. The largest absolute Gasteiger partial charge is 0.376 e. The van der Waals surface area contributed by atoms with Gasteiger partial charge in [0.25, 0.3) is 0 Å². The molecule has 0 aliphatic rings. The first kappa shape index (κ1) is 11.9. The Morgan fingerprint density at radius 2 is 2.38 bits per heavy atom. The molecule has 0 aromatic carbocycles. The molecule has 16 heavy (non-hydrogen) atoms. The van der Waals surface area contributed by atoms with E-state index in [4.69, 9.17) is 11.6 Å². The molecular weight excluding hydrogens is 308 g/mol. The maximum Gasteiger partial charge on any atom is 0.152 e. The molecule has 2 aromatic heterocycles. The molecule has 2 rings (SSSR count). The molecule has 0 amide bonds. The highest BCUT2D eigenvalue weighted by Crippen LogP contribution is 2.27. The number of hydrogen-bond acceptors (Lipinski definition) is 3. The van der Waals surface area contributed by atoms with Gasteiger partial charge in [0.2, 0.25) is 0 Å². The fraction of sp³-hybridized carbons (Fsp3) is 0.182. The van der Waals surface area contributed by atoms with Crippen LogP contribution < -0.4 is 5.32 Å². The van der Waals surface area contributed by atoms with E-state index >= 15 is 0 Å². The van der Waals surface area contributed by atoms with Gasteiger partial charge in [0.1, 0.15) is 0 Å². The smallest absolute Gasteiger partial charge is 0.152 e. The number of nitrogens with one attached hydrogen (secondary N) is 1. The van der Waals surface area contributed by atoms with Gasteiger partial charge < -0.3 is 5.32 Å². The van der Waals surface area contributed by atoms with E-state index < -0.39 is 0 Å². The first-order valence-electron chi connectivity index (χ1n) is 4.76. The second-order valence-corrected chi connectivity index (χ2v) is 5.47. The summed E-state index contributed by atoms with van der Waals surface area (Å²) in [7, 11) is 0. The van der Waals surface area contributed by atoms with Crippen LogP contribution in [0.15, 0.2) is 33.6 Å². The third-order valence-corrected chi connectivity index (χ3v) is 3.66. The highest BCUT2D eigenvalue weighted by molar-refractivity contribution is 9.10. The standard InChI is InChI=1S/C11H10BrClN2S/c1-7(8-2-3-16-6-8)15-10-4-9(12)5-14-11(10)13/h2-7,15H,1H3. The van der Waals surface area contributed by atoms with Crippen LogP contribution in [0.3, 0.4) is 0 Å². The van der Waals surface area contributed by atoms with E-state index in [-0.39, 0.29) is 6.04 Å². The molecule has 0 saturated heterocycles. The van der Waals surface area contributed by atoms with E-state index in [9.17, 15) is 0 Å². The van der Waals surface area contributed by atoms with Crippen LogP contribution in [0.1, 0.15) is 18.5 Å². The van der Waals surface area contributed by atoms with Crippen molar-refractivity contribution in [2.75, 3.05) is 5.32 Å². The summed E-state index contributed by atoms with van der Waals surface area (Å²) in [5.41, 5.74) is 2.09. The van der Waals surface area contributed by atoms with E-state index in [0.717, 1.165) is 10.2 Å². The minimum absolute atomic E-state index is 0.222. The number of rotatable bonds is 3. The van der Waals surface area contributed by atoms with Crippen molar-refractivity contribution in [3.05, 3.63) is 44.3 Å². The van der Waals surface area contributed by atoms with Crippen molar-refractivity contribution in [1.82, 2.24) is 4.98 Å². The Balaban J connectivity index is 2.17. The van der Waals surface area contributed by atoms with Gasteiger partial charge in [-0.1, -0.05) is 11.6 Å². The van der Waals surface area contributed by atoms with Gasteiger partial charge in [0.05, 0.1) is 5.69 Å². The van der Waals surface area contributed by atoms with Gasteiger partial charge in [-0.05, 0) is 51.3 Å². The van der Waals surface area contributed by atoms with Crippen LogP contribution in [0.2, 0.25) is 5.15 Å². The van der Waals surface area contributed by atoms with Gasteiger partial charge in [-0.3, -0.25) is 0 Å². The number of hydrogen-bond donors (Lipinski definition) is 1. The van der Waals surface area contributed by atoms with Crippen molar-refractivity contribution < 1.29 is 0 Å². The Morgan fingerprint density at radius 1 is 1.56 bits per heavy atom. The molecule has 84 valence electrons. The molecule has 0 spiro atoms. The molecule has 0 aliphatic carbocycles. The average Bonchev–Trinajstić information content (AvgIpc) is 2.76. The van der Waals surface area contributed by atoms with Crippen molar-refractivity contribution >= 4 is 44.6 Å². The van der Waals surface area contributed by atoms with E-state index in [1.54, 1.807) is 17.5 Å². The summed E-state index contributed by atoms with van der Waals surface area (Å²) in [6.45, 7) is 2.10. The van der Waals surface area contributed by atoms with Gasteiger partial charge in [0.15, 0.2) is 5.15 Å². The first-order chi connectivity index (χ1) is 7.66. The van der Waals surface area contributed by atoms with Crippen LogP contribution in [-0.4, -0.2) is 4.98 Å². The normalized spacial score (nSPS) is 12.4. The van der Waals surface area contributed by atoms with Crippen LogP contribution in [0.5, 0.6) is 0 Å². The van der Waals surface area contributed by atoms with E-state index in [1.165, 1.54) is 5.56 Å². The molecule has 1 N–H and O–H groups in total. The number of pyridine rings is 1. The summed E-state index contributed by atoms with van der Waals surface area (Å²) >= 11 is 11.1. The molecule has 1 atom stereocenters. The molecule has 0 fully saturated rings. The van der Waals surface area contributed by atoms with Crippen molar-refractivity contribution in [2.45, 2.75) is 13.0 Å². The summed E-state index contributed by atoms with van der Waals surface area (Å²) in [6.07, 6.45) is 1.68. The highest BCUT2D eigenvalue weighted by atomic mass is 79.9. The third kappa shape index (κ3) is 2.75. The maximum atomic E-state index is 6.01. The molecule has 5 heteroatoms. The molecule has 0 saturated carbocycles. The van der Waals surface area contributed by atoms with Crippen LogP contribution in [-0.2, 0) is 0 Å². The van der Waals surface area contributed by atoms with Crippen molar-refractivity contribution in [3.63, 3.8) is 0 Å². The summed E-state index contributed by atoms with van der Waals surface area (Å²) < 4.78 is 0.914. The molecule has 0 aliphatic heterocycles. The third-order valence-electron chi connectivity index (χ3n) is 2.22. The van der Waals surface area contributed by atoms with E-state index in [0.29, 0.717) is 5.15 Å². The average molecular weight is 318 g/mol. The Hall–Kier alpha value is -0.580. The van der Waals surface area contributed by atoms with Crippen molar-refractivity contribution in [2.24, 2.45) is 0 Å². The summed E-state index contributed by atoms with van der Waals surface area (Å²) in [5, 5.41) is 8.01. The highest BCUT2D eigenvalue weighted by Gasteiger charge is 2.08. The fourth-order valence-electron chi connectivity index (χ4n) is 1.36. The van der Waals surface area contributed by atoms with Gasteiger partial charge in [-0.2, -0.15) is 11.3 Å². The minimum Gasteiger partial charge on any atom is -0.376 e. The lowest BCUT2D eigenvalue weighted by molar-refractivity contribution is 0.888. The molecule has 1 unspecified atom stereocenters. The van der Waals surface area contributed by atoms with Crippen molar-refractivity contribution in [1.29, 1.82) is 0 Å². The van der Waals surface area contributed by atoms with Crippen LogP contribution in [0.25, 0.3) is 0 Å². The number of halogens is 2. The topological polar surface area (TPSA) is 24.9 Å². The van der Waals surface area contributed by atoms with Gasteiger partial charge in [-0.25, -0.2) is 4.98 Å². The predicted molar refractivity (Wildman–Crippen MR) is 73.3 cm³/mol. The zero-order chi connectivity index (χ0) is 11.5. The van der Waals surface area contributed by atoms with Gasteiger partial charge in [-0.15, -0.1) is 0 Å². The molecular formula is C11H10BrClN2S. The summed E-state index contributed by atoms with van der Waals surface area (Å²) in [6, 6.07) is 4.25. The Bertz CT molecular complexity index is 473. The van der Waals surface area contributed by atoms with Gasteiger partial charge in [0, 0.05) is 16.7 Å². The minimum atomic E-state index is 0.222. The molecule has 0 bridgehead atoms. The molecule has 2 heterocycles. The lowest BCUT2D eigenvalue weighted by Crippen LogP contribution is -2.06. The van der Waals surface area contributed by atoms with Crippen LogP contribution in [0, 0.1) is 0 Å². The summed E-state index contributed by atoms with van der Waals surface area (Å²) in [5.74, 6) is 0. The fourth-order valence-corrected chi connectivity index (χ4v) is 2.61. The van der Waals surface area contributed by atoms with Gasteiger partial charge >= 0.3 is 0 Å². The SMILES string of the molecule is CC(Nc1cc(Br)cnc1Cl)c1ccsc1. The predicted octanol–water partition coefficient (Wildman–Crippen LogP) is 4.73. The molecule has 2 aromatic rings. The summed E-state index contributed by atoms with van der Waals surface area (Å²) in [4.78, 5) is 4.07. The Kier molecular flexibility index (Phi) is 3.84. The second-order valence-electron chi connectivity index (χ2n) is 3.41. The van der Waals surface area contributed by atoms with Crippen molar-refractivity contribution in [3.8, 4) is 0 Å². The number of nitrogens with zero attached hydrogens (tertiary/aromatic N) is 1. The lowest BCUT2D eigenvalue weighted by Gasteiger charge is -2.14. The van der Waals surface area contributed by atoms with E-state index in [2.05, 4.69) is 50.0 Å². The molecule has 2 nitrogen and oxygen atoms in total. The number of aromatic nitrogens is 1. The quantitative estimate of drug-likeness (QED) is 0.828. The Labute approximate surface area is 112 Å².